The third kappa shape index (κ3) is 2.89. The van der Waals surface area contributed by atoms with E-state index in [9.17, 15) is 0 Å². The number of hydrogen-bond acceptors (Lipinski definition) is 5. The largest absolute Gasteiger partial charge is 0.347 e. The van der Waals surface area contributed by atoms with Crippen LogP contribution in [0.5, 0.6) is 0 Å². The van der Waals surface area contributed by atoms with Gasteiger partial charge in [-0.2, -0.15) is 15.0 Å². The van der Waals surface area contributed by atoms with Crippen molar-refractivity contribution in [2.45, 2.75) is 38.6 Å². The Balaban J connectivity index is 1.89. The Bertz CT molecular complexity index is 640. The highest BCUT2D eigenvalue weighted by molar-refractivity contribution is 5.43. The van der Waals surface area contributed by atoms with Gasteiger partial charge in [-0.05, 0) is 24.0 Å². The second-order valence-electron chi connectivity index (χ2n) is 6.30. The lowest BCUT2D eigenvalue weighted by atomic mass is 10.1. The van der Waals surface area contributed by atoms with E-state index in [4.69, 9.17) is 0 Å². The lowest BCUT2D eigenvalue weighted by Gasteiger charge is -2.18. The Morgan fingerprint density at radius 3 is 2.64 bits per heavy atom. The SMILES string of the molecule is CC(C)c1nc(NC2CCc3ccccc32)nc(N(C)C)n1. The molecule has 5 heteroatoms. The van der Waals surface area contributed by atoms with E-state index < -0.39 is 0 Å². The van der Waals surface area contributed by atoms with Gasteiger partial charge in [-0.25, -0.2) is 0 Å². The van der Waals surface area contributed by atoms with Crippen molar-refractivity contribution in [1.82, 2.24) is 15.0 Å². The molecule has 0 amide bonds. The number of benzene rings is 1. The Kier molecular flexibility index (Phi) is 3.96. The average Bonchev–Trinajstić information content (AvgIpc) is 2.90. The zero-order chi connectivity index (χ0) is 15.7. The number of rotatable bonds is 4. The molecular weight excluding hydrogens is 274 g/mol. The van der Waals surface area contributed by atoms with Crippen molar-refractivity contribution in [1.29, 1.82) is 0 Å². The summed E-state index contributed by atoms with van der Waals surface area (Å²) in [4.78, 5) is 15.6. The van der Waals surface area contributed by atoms with Gasteiger partial charge in [0.15, 0.2) is 0 Å². The van der Waals surface area contributed by atoms with Gasteiger partial charge in [0.05, 0.1) is 6.04 Å². The normalized spacial score (nSPS) is 16.7. The molecule has 1 N–H and O–H groups in total. The van der Waals surface area contributed by atoms with Crippen LogP contribution in [0.25, 0.3) is 0 Å². The van der Waals surface area contributed by atoms with Crippen LogP contribution in [0.15, 0.2) is 24.3 Å². The molecule has 0 spiro atoms. The van der Waals surface area contributed by atoms with Crippen molar-refractivity contribution < 1.29 is 0 Å². The van der Waals surface area contributed by atoms with E-state index in [2.05, 4.69) is 58.4 Å². The quantitative estimate of drug-likeness (QED) is 0.939. The highest BCUT2D eigenvalue weighted by Crippen LogP contribution is 2.33. The van der Waals surface area contributed by atoms with Crippen LogP contribution in [-0.2, 0) is 6.42 Å². The minimum Gasteiger partial charge on any atom is -0.347 e. The predicted octanol–water partition coefficient (Wildman–Crippen LogP) is 3.16. The molecule has 0 bridgehead atoms. The number of anilines is 2. The molecule has 1 aliphatic carbocycles. The van der Waals surface area contributed by atoms with Crippen LogP contribution in [0, 0.1) is 0 Å². The number of aromatic nitrogens is 3. The minimum absolute atomic E-state index is 0.276. The summed E-state index contributed by atoms with van der Waals surface area (Å²) in [5.41, 5.74) is 2.78. The molecular formula is C17H23N5. The summed E-state index contributed by atoms with van der Waals surface area (Å²) in [5.74, 6) is 2.47. The van der Waals surface area contributed by atoms with Gasteiger partial charge in [-0.15, -0.1) is 0 Å². The molecule has 0 aliphatic heterocycles. The van der Waals surface area contributed by atoms with Crippen molar-refractivity contribution in [2.75, 3.05) is 24.3 Å². The van der Waals surface area contributed by atoms with E-state index in [1.165, 1.54) is 11.1 Å². The van der Waals surface area contributed by atoms with Crippen LogP contribution in [-0.4, -0.2) is 29.0 Å². The summed E-state index contributed by atoms with van der Waals surface area (Å²) >= 11 is 0. The monoisotopic (exact) mass is 297 g/mol. The van der Waals surface area contributed by atoms with Gasteiger partial charge in [-0.3, -0.25) is 0 Å². The van der Waals surface area contributed by atoms with E-state index in [1.807, 2.05) is 19.0 Å². The molecule has 1 aromatic carbocycles. The van der Waals surface area contributed by atoms with Crippen molar-refractivity contribution in [3.8, 4) is 0 Å². The predicted molar refractivity (Wildman–Crippen MR) is 89.4 cm³/mol. The van der Waals surface area contributed by atoms with E-state index >= 15 is 0 Å². The highest BCUT2D eigenvalue weighted by Gasteiger charge is 2.23. The Morgan fingerprint density at radius 2 is 1.91 bits per heavy atom. The summed E-state index contributed by atoms with van der Waals surface area (Å²) < 4.78 is 0. The molecule has 116 valence electrons. The molecule has 2 aromatic rings. The molecule has 1 aromatic heterocycles. The van der Waals surface area contributed by atoms with Crippen LogP contribution < -0.4 is 10.2 Å². The van der Waals surface area contributed by atoms with Crippen molar-refractivity contribution >= 4 is 11.9 Å². The molecule has 0 radical (unpaired) electrons. The van der Waals surface area contributed by atoms with Crippen molar-refractivity contribution in [3.63, 3.8) is 0 Å². The molecule has 3 rings (SSSR count). The minimum atomic E-state index is 0.276. The van der Waals surface area contributed by atoms with Gasteiger partial charge >= 0.3 is 0 Å². The average molecular weight is 297 g/mol. The van der Waals surface area contributed by atoms with E-state index in [0.29, 0.717) is 11.9 Å². The maximum absolute atomic E-state index is 4.59. The number of hydrogen-bond donors (Lipinski definition) is 1. The molecule has 1 unspecified atom stereocenters. The van der Waals surface area contributed by atoms with Gasteiger partial charge in [0.25, 0.3) is 0 Å². The molecule has 0 saturated carbocycles. The van der Waals surface area contributed by atoms with Gasteiger partial charge in [-0.1, -0.05) is 38.1 Å². The van der Waals surface area contributed by atoms with E-state index in [-0.39, 0.29) is 12.0 Å². The maximum atomic E-state index is 4.59. The summed E-state index contributed by atoms with van der Waals surface area (Å²) in [5, 5.41) is 3.50. The van der Waals surface area contributed by atoms with Crippen LogP contribution in [0.3, 0.4) is 0 Å². The molecule has 1 aliphatic rings. The van der Waals surface area contributed by atoms with Gasteiger partial charge < -0.3 is 10.2 Å². The molecule has 0 fully saturated rings. The summed E-state index contributed by atoms with van der Waals surface area (Å²) in [6.07, 6.45) is 2.19. The molecule has 0 saturated heterocycles. The first kappa shape index (κ1) is 14.8. The smallest absolute Gasteiger partial charge is 0.229 e. The fourth-order valence-electron chi connectivity index (χ4n) is 2.77. The Morgan fingerprint density at radius 1 is 1.14 bits per heavy atom. The number of fused-ring (bicyclic) bond motifs is 1. The lowest BCUT2D eigenvalue weighted by Crippen LogP contribution is -2.18. The Hall–Kier alpha value is -2.17. The first-order valence-electron chi connectivity index (χ1n) is 7.82. The zero-order valence-corrected chi connectivity index (χ0v) is 13.7. The fraction of sp³-hybridized carbons (Fsp3) is 0.471. The number of nitrogens with one attached hydrogen (secondary N) is 1. The maximum Gasteiger partial charge on any atom is 0.229 e. The second-order valence-corrected chi connectivity index (χ2v) is 6.30. The number of aryl methyl sites for hydroxylation is 1. The molecule has 1 heterocycles. The molecule has 5 nitrogen and oxygen atoms in total. The van der Waals surface area contributed by atoms with Crippen LogP contribution in [0.4, 0.5) is 11.9 Å². The summed E-state index contributed by atoms with van der Waals surface area (Å²) in [6, 6.07) is 8.88. The van der Waals surface area contributed by atoms with E-state index in [1.54, 1.807) is 0 Å². The third-order valence-electron chi connectivity index (χ3n) is 3.99. The van der Waals surface area contributed by atoms with Crippen molar-refractivity contribution in [2.24, 2.45) is 0 Å². The highest BCUT2D eigenvalue weighted by atomic mass is 15.3. The van der Waals surface area contributed by atoms with Gasteiger partial charge in [0.1, 0.15) is 5.82 Å². The second kappa shape index (κ2) is 5.91. The lowest BCUT2D eigenvalue weighted by molar-refractivity contribution is 0.722. The first-order valence-corrected chi connectivity index (χ1v) is 7.82. The van der Waals surface area contributed by atoms with Crippen molar-refractivity contribution in [3.05, 3.63) is 41.2 Å². The topological polar surface area (TPSA) is 53.9 Å². The zero-order valence-electron chi connectivity index (χ0n) is 13.7. The van der Waals surface area contributed by atoms with E-state index in [0.717, 1.165) is 18.7 Å². The van der Waals surface area contributed by atoms with Gasteiger partial charge in [0.2, 0.25) is 11.9 Å². The molecule has 22 heavy (non-hydrogen) atoms. The molecule has 1 atom stereocenters. The van der Waals surface area contributed by atoms with Crippen LogP contribution in [0.2, 0.25) is 0 Å². The standard InChI is InChI=1S/C17H23N5/c1-11(2)15-19-16(21-17(20-15)22(3)4)18-14-10-9-12-7-5-6-8-13(12)14/h5-8,11,14H,9-10H2,1-4H3,(H,18,19,20,21). The third-order valence-corrected chi connectivity index (χ3v) is 3.99. The summed E-state index contributed by atoms with van der Waals surface area (Å²) in [7, 11) is 3.90. The number of nitrogens with zero attached hydrogens (tertiary/aromatic N) is 4. The van der Waals surface area contributed by atoms with Crippen LogP contribution >= 0.6 is 0 Å². The fourth-order valence-corrected chi connectivity index (χ4v) is 2.77. The Labute approximate surface area is 131 Å². The summed E-state index contributed by atoms with van der Waals surface area (Å²) in [6.45, 7) is 4.20. The van der Waals surface area contributed by atoms with Gasteiger partial charge in [0, 0.05) is 20.0 Å². The van der Waals surface area contributed by atoms with Crippen LogP contribution in [0.1, 0.15) is 49.2 Å². The first-order chi connectivity index (χ1) is 10.5.